The van der Waals surface area contributed by atoms with Crippen LogP contribution in [0.1, 0.15) is 12.6 Å². The number of aromatic amines is 1. The molecule has 7 nitrogen and oxygen atoms in total. The van der Waals surface area contributed by atoms with Gasteiger partial charge in [-0.25, -0.2) is 4.79 Å². The number of aliphatic hydroxyl groups is 1. The molecule has 0 aromatic carbocycles. The third-order valence-corrected chi connectivity index (χ3v) is 2.60. The molecular weight excluding hydrogens is 247 g/mol. The molecule has 1 aromatic heterocycles. The van der Waals surface area contributed by atoms with Gasteiger partial charge in [-0.3, -0.25) is 14.3 Å². The summed E-state index contributed by atoms with van der Waals surface area (Å²) < 4.78 is 24.7. The van der Waals surface area contributed by atoms with Gasteiger partial charge in [-0.1, -0.05) is 0 Å². The number of hydrogen-bond acceptors (Lipinski definition) is 5. The molecule has 1 fully saturated rings. The van der Waals surface area contributed by atoms with E-state index in [1.54, 1.807) is 0 Å². The first-order valence-corrected chi connectivity index (χ1v) is 5.47. The third-order valence-electron chi connectivity index (χ3n) is 2.60. The van der Waals surface area contributed by atoms with E-state index < -0.39 is 29.4 Å². The van der Waals surface area contributed by atoms with E-state index in [0.717, 1.165) is 10.8 Å². The van der Waals surface area contributed by atoms with Crippen LogP contribution >= 0.6 is 0 Å². The highest BCUT2D eigenvalue weighted by Crippen LogP contribution is 2.17. The number of halogens is 1. The molecule has 2 unspecified atom stereocenters. The lowest BCUT2D eigenvalue weighted by molar-refractivity contribution is -0.0768. The van der Waals surface area contributed by atoms with Crippen LogP contribution in [0.3, 0.4) is 0 Å². The molecule has 0 saturated carbocycles. The van der Waals surface area contributed by atoms with Crippen molar-refractivity contribution in [3.8, 4) is 0 Å². The van der Waals surface area contributed by atoms with E-state index in [9.17, 15) is 14.0 Å². The van der Waals surface area contributed by atoms with Crippen molar-refractivity contribution < 1.29 is 19.0 Å². The van der Waals surface area contributed by atoms with Gasteiger partial charge in [-0.05, 0) is 0 Å². The zero-order valence-electron chi connectivity index (χ0n) is 9.47. The highest BCUT2D eigenvalue weighted by molar-refractivity contribution is 4.88. The summed E-state index contributed by atoms with van der Waals surface area (Å²) >= 11 is 0. The van der Waals surface area contributed by atoms with E-state index in [4.69, 9.17) is 14.6 Å². The van der Waals surface area contributed by atoms with Crippen LogP contribution in [0.2, 0.25) is 0 Å². The minimum Gasteiger partial charge on any atom is -0.394 e. The zero-order chi connectivity index (χ0) is 13.1. The Bertz CT molecular complexity index is 526. The van der Waals surface area contributed by atoms with E-state index in [0.29, 0.717) is 13.0 Å². The SMILES string of the molecule is O=c1[nH]c(=O)n(C2CCOCC(CO)O2)cc1F. The lowest BCUT2D eigenvalue weighted by Crippen LogP contribution is -2.36. The van der Waals surface area contributed by atoms with Crippen molar-refractivity contribution in [1.82, 2.24) is 9.55 Å². The molecule has 1 aliphatic rings. The number of nitrogens with one attached hydrogen (secondary N) is 1. The standard InChI is InChI=1S/C10H13FN2O5/c11-7-3-13(10(16)12-9(7)15)8-1-2-17-5-6(4-14)18-8/h3,6,8,14H,1-2,4-5H2,(H,12,15,16). The summed E-state index contributed by atoms with van der Waals surface area (Å²) in [7, 11) is 0. The summed E-state index contributed by atoms with van der Waals surface area (Å²) in [6.45, 7) is 0.249. The first-order valence-electron chi connectivity index (χ1n) is 5.47. The maximum atomic E-state index is 13.2. The van der Waals surface area contributed by atoms with Gasteiger partial charge in [0.2, 0.25) is 5.82 Å². The molecule has 18 heavy (non-hydrogen) atoms. The molecule has 0 bridgehead atoms. The zero-order valence-corrected chi connectivity index (χ0v) is 9.47. The van der Waals surface area contributed by atoms with Gasteiger partial charge in [-0.2, -0.15) is 4.39 Å². The molecule has 2 heterocycles. The Kier molecular flexibility index (Phi) is 3.90. The fraction of sp³-hybridized carbons (Fsp3) is 0.600. The molecular formula is C10H13FN2O5. The van der Waals surface area contributed by atoms with E-state index in [1.165, 1.54) is 0 Å². The number of H-pyrrole nitrogens is 1. The molecule has 100 valence electrons. The van der Waals surface area contributed by atoms with Gasteiger partial charge in [-0.15, -0.1) is 0 Å². The second-order valence-electron chi connectivity index (χ2n) is 3.90. The Morgan fingerprint density at radius 2 is 2.33 bits per heavy atom. The third kappa shape index (κ3) is 2.66. The fourth-order valence-corrected chi connectivity index (χ4v) is 1.70. The quantitative estimate of drug-likeness (QED) is 0.709. The second-order valence-corrected chi connectivity index (χ2v) is 3.90. The average molecular weight is 260 g/mol. The topological polar surface area (TPSA) is 93.6 Å². The van der Waals surface area contributed by atoms with Crippen LogP contribution in [0.25, 0.3) is 0 Å². The van der Waals surface area contributed by atoms with Crippen molar-refractivity contribution in [1.29, 1.82) is 0 Å². The summed E-state index contributed by atoms with van der Waals surface area (Å²) in [6.07, 6.45) is -0.240. The minimum atomic E-state index is -1.07. The highest BCUT2D eigenvalue weighted by Gasteiger charge is 2.23. The monoisotopic (exact) mass is 260 g/mol. The number of rotatable bonds is 2. The van der Waals surface area contributed by atoms with Crippen LogP contribution in [0.15, 0.2) is 15.8 Å². The first kappa shape index (κ1) is 12.9. The van der Waals surface area contributed by atoms with Gasteiger partial charge in [0, 0.05) is 6.42 Å². The molecule has 2 rings (SSSR count). The van der Waals surface area contributed by atoms with Crippen molar-refractivity contribution in [3.63, 3.8) is 0 Å². The summed E-state index contributed by atoms with van der Waals surface area (Å²) in [4.78, 5) is 24.3. The largest absolute Gasteiger partial charge is 0.394 e. The van der Waals surface area contributed by atoms with E-state index in [2.05, 4.69) is 0 Å². The van der Waals surface area contributed by atoms with Gasteiger partial charge in [0.05, 0.1) is 26.0 Å². The molecule has 2 N–H and O–H groups in total. The van der Waals surface area contributed by atoms with Crippen LogP contribution < -0.4 is 11.2 Å². The smallest absolute Gasteiger partial charge is 0.330 e. The van der Waals surface area contributed by atoms with Gasteiger partial charge in [0.15, 0.2) is 0 Å². The van der Waals surface area contributed by atoms with Crippen LogP contribution in [-0.2, 0) is 9.47 Å². The van der Waals surface area contributed by atoms with Gasteiger partial charge in [0.1, 0.15) is 12.3 Å². The summed E-state index contributed by atoms with van der Waals surface area (Å²) in [6, 6.07) is 0. The maximum absolute atomic E-state index is 13.2. The number of aliphatic hydroxyl groups excluding tert-OH is 1. The fourth-order valence-electron chi connectivity index (χ4n) is 1.70. The molecule has 1 aliphatic heterocycles. The van der Waals surface area contributed by atoms with Crippen molar-refractivity contribution >= 4 is 0 Å². The minimum absolute atomic E-state index is 0.202. The average Bonchev–Trinajstić information content (AvgIpc) is 2.59. The molecule has 8 heteroatoms. The van der Waals surface area contributed by atoms with E-state index in [-0.39, 0.29) is 13.2 Å². The van der Waals surface area contributed by atoms with Crippen LogP contribution in [0.5, 0.6) is 0 Å². The molecule has 1 saturated heterocycles. The summed E-state index contributed by atoms with van der Waals surface area (Å²) in [5, 5.41) is 9.02. The van der Waals surface area contributed by atoms with E-state index in [1.807, 2.05) is 4.98 Å². The Morgan fingerprint density at radius 3 is 3.06 bits per heavy atom. The van der Waals surface area contributed by atoms with Gasteiger partial charge in [0.25, 0.3) is 5.56 Å². The molecule has 1 aromatic rings. The summed E-state index contributed by atoms with van der Waals surface area (Å²) in [5.74, 6) is -1.07. The Labute approximate surface area is 101 Å². The van der Waals surface area contributed by atoms with E-state index >= 15 is 0 Å². The van der Waals surface area contributed by atoms with Crippen LogP contribution in [0, 0.1) is 5.82 Å². The molecule has 0 aliphatic carbocycles. The highest BCUT2D eigenvalue weighted by atomic mass is 19.1. The van der Waals surface area contributed by atoms with Crippen LogP contribution in [0.4, 0.5) is 4.39 Å². The predicted octanol–water partition coefficient (Wildman–Crippen LogP) is -1.03. The second kappa shape index (κ2) is 5.42. The van der Waals surface area contributed by atoms with Crippen molar-refractivity contribution in [2.45, 2.75) is 18.8 Å². The Morgan fingerprint density at radius 1 is 1.56 bits per heavy atom. The molecule has 0 amide bonds. The Hall–Kier alpha value is -1.51. The number of ether oxygens (including phenoxy) is 2. The van der Waals surface area contributed by atoms with Crippen molar-refractivity contribution in [3.05, 3.63) is 32.9 Å². The first-order chi connectivity index (χ1) is 8.61. The van der Waals surface area contributed by atoms with Crippen LogP contribution in [-0.4, -0.2) is 40.6 Å². The molecule has 0 spiro atoms. The summed E-state index contributed by atoms with van der Waals surface area (Å²) in [5.41, 5.74) is -1.83. The normalized spacial score (nSPS) is 24.8. The molecule has 2 atom stereocenters. The maximum Gasteiger partial charge on any atom is 0.330 e. The number of aromatic nitrogens is 2. The predicted molar refractivity (Wildman–Crippen MR) is 57.7 cm³/mol. The lowest BCUT2D eigenvalue weighted by atomic mass is 10.3. The van der Waals surface area contributed by atoms with Crippen molar-refractivity contribution in [2.75, 3.05) is 19.8 Å². The number of hydrogen-bond donors (Lipinski definition) is 2. The van der Waals surface area contributed by atoms with Gasteiger partial charge >= 0.3 is 5.69 Å². The Balaban J connectivity index is 2.32. The molecule has 0 radical (unpaired) electrons. The lowest BCUT2D eigenvalue weighted by Gasteiger charge is -2.20. The van der Waals surface area contributed by atoms with Crippen molar-refractivity contribution in [2.24, 2.45) is 0 Å². The van der Waals surface area contributed by atoms with Gasteiger partial charge < -0.3 is 14.6 Å². The number of nitrogens with zero attached hydrogens (tertiary/aromatic N) is 1.